The first kappa shape index (κ1) is 15.5. The van der Waals surface area contributed by atoms with Gasteiger partial charge in [0.1, 0.15) is 4.99 Å². The first-order valence-electron chi connectivity index (χ1n) is 7.15. The third-order valence-electron chi connectivity index (χ3n) is 4.07. The van der Waals surface area contributed by atoms with Gasteiger partial charge in [0.05, 0.1) is 10.7 Å². The molecule has 0 bridgehead atoms. The summed E-state index contributed by atoms with van der Waals surface area (Å²) >= 11 is 11.4. The van der Waals surface area contributed by atoms with Crippen molar-refractivity contribution in [2.45, 2.75) is 26.3 Å². The molecule has 110 valence electrons. The highest BCUT2D eigenvalue weighted by atomic mass is 35.5. The van der Waals surface area contributed by atoms with Crippen LogP contribution in [0.4, 0.5) is 5.69 Å². The van der Waals surface area contributed by atoms with Crippen molar-refractivity contribution >= 4 is 34.5 Å². The molecule has 20 heavy (non-hydrogen) atoms. The molecule has 0 radical (unpaired) electrons. The maximum absolute atomic E-state index is 6.38. The van der Waals surface area contributed by atoms with Crippen LogP contribution in [-0.2, 0) is 0 Å². The van der Waals surface area contributed by atoms with E-state index in [0.717, 1.165) is 42.5 Å². The minimum Gasteiger partial charge on any atom is -0.389 e. The maximum Gasteiger partial charge on any atom is 0.104 e. The predicted molar refractivity (Wildman–Crippen MR) is 90.9 cm³/mol. The fourth-order valence-electron chi connectivity index (χ4n) is 2.92. The van der Waals surface area contributed by atoms with Gasteiger partial charge in [0.2, 0.25) is 0 Å². The quantitative estimate of drug-likeness (QED) is 0.848. The summed E-state index contributed by atoms with van der Waals surface area (Å²) in [6.45, 7) is 8.72. The van der Waals surface area contributed by atoms with Crippen LogP contribution in [0.5, 0.6) is 0 Å². The van der Waals surface area contributed by atoms with E-state index in [4.69, 9.17) is 29.6 Å². The standard InChI is InChI=1S/C15H22ClN3S/c1-3-18(4-2)12-7-8-19(10-12)14-6-5-11(15(17)20)9-13(14)16/h5-6,9,12H,3-4,7-8,10H2,1-2H3,(H2,17,20). The smallest absolute Gasteiger partial charge is 0.104 e. The third-order valence-corrected chi connectivity index (χ3v) is 4.60. The molecule has 1 aromatic carbocycles. The zero-order valence-corrected chi connectivity index (χ0v) is 13.7. The third kappa shape index (κ3) is 3.25. The van der Waals surface area contributed by atoms with Crippen LogP contribution >= 0.6 is 23.8 Å². The highest BCUT2D eigenvalue weighted by Gasteiger charge is 2.27. The molecule has 0 spiro atoms. The van der Waals surface area contributed by atoms with Gasteiger partial charge in [0, 0.05) is 24.7 Å². The van der Waals surface area contributed by atoms with Gasteiger partial charge >= 0.3 is 0 Å². The topological polar surface area (TPSA) is 32.5 Å². The minimum absolute atomic E-state index is 0.390. The molecule has 3 nitrogen and oxygen atoms in total. The summed E-state index contributed by atoms with van der Waals surface area (Å²) in [6, 6.07) is 6.47. The summed E-state index contributed by atoms with van der Waals surface area (Å²) in [4.78, 5) is 5.26. The summed E-state index contributed by atoms with van der Waals surface area (Å²) in [5.74, 6) is 0. The van der Waals surface area contributed by atoms with Crippen LogP contribution in [0.3, 0.4) is 0 Å². The molecule has 5 heteroatoms. The number of likely N-dealkylation sites (N-methyl/N-ethyl adjacent to an activating group) is 1. The fourth-order valence-corrected chi connectivity index (χ4v) is 3.34. The van der Waals surface area contributed by atoms with Crippen molar-refractivity contribution in [3.05, 3.63) is 28.8 Å². The molecule has 2 rings (SSSR count). The largest absolute Gasteiger partial charge is 0.389 e. The molecule has 1 aliphatic heterocycles. The molecule has 1 aliphatic rings. The van der Waals surface area contributed by atoms with Crippen molar-refractivity contribution in [2.75, 3.05) is 31.1 Å². The Labute approximate surface area is 131 Å². The molecule has 0 aromatic heterocycles. The van der Waals surface area contributed by atoms with Gasteiger partial charge in [-0.1, -0.05) is 37.7 Å². The molecular formula is C15H22ClN3S. The van der Waals surface area contributed by atoms with E-state index in [2.05, 4.69) is 23.6 Å². The van der Waals surface area contributed by atoms with Gasteiger partial charge in [-0.2, -0.15) is 0 Å². The Morgan fingerprint density at radius 1 is 1.45 bits per heavy atom. The monoisotopic (exact) mass is 311 g/mol. The van der Waals surface area contributed by atoms with E-state index in [1.807, 2.05) is 18.2 Å². The van der Waals surface area contributed by atoms with Crippen LogP contribution in [0.15, 0.2) is 18.2 Å². The summed E-state index contributed by atoms with van der Waals surface area (Å²) in [7, 11) is 0. The van der Waals surface area contributed by atoms with E-state index >= 15 is 0 Å². The normalized spacial score (nSPS) is 18.8. The molecule has 0 aliphatic carbocycles. The van der Waals surface area contributed by atoms with Gasteiger partial charge in [-0.15, -0.1) is 0 Å². The highest BCUT2D eigenvalue weighted by Crippen LogP contribution is 2.30. The number of nitrogens with zero attached hydrogens (tertiary/aromatic N) is 2. The second kappa shape index (κ2) is 6.74. The maximum atomic E-state index is 6.38. The Bertz CT molecular complexity index is 488. The van der Waals surface area contributed by atoms with E-state index in [-0.39, 0.29) is 0 Å². The van der Waals surface area contributed by atoms with Crippen LogP contribution in [0.1, 0.15) is 25.8 Å². The van der Waals surface area contributed by atoms with E-state index in [1.165, 1.54) is 6.42 Å². The molecule has 2 N–H and O–H groups in total. The molecule has 1 unspecified atom stereocenters. The van der Waals surface area contributed by atoms with Crippen LogP contribution < -0.4 is 10.6 Å². The van der Waals surface area contributed by atoms with Gasteiger partial charge in [-0.05, 0) is 37.7 Å². The first-order valence-corrected chi connectivity index (χ1v) is 7.93. The molecule has 1 heterocycles. The number of hydrogen-bond donors (Lipinski definition) is 1. The molecule has 1 fully saturated rings. The predicted octanol–water partition coefficient (Wildman–Crippen LogP) is 2.89. The van der Waals surface area contributed by atoms with Gasteiger partial charge in [-0.3, -0.25) is 4.90 Å². The molecule has 0 saturated carbocycles. The lowest BCUT2D eigenvalue weighted by Gasteiger charge is -2.27. The van der Waals surface area contributed by atoms with Crippen LogP contribution in [0, 0.1) is 0 Å². The van der Waals surface area contributed by atoms with E-state index < -0.39 is 0 Å². The SMILES string of the molecule is CCN(CC)C1CCN(c2ccc(C(N)=S)cc2Cl)C1. The van der Waals surface area contributed by atoms with Crippen molar-refractivity contribution in [1.82, 2.24) is 4.90 Å². The Hall–Kier alpha value is -0.840. The van der Waals surface area contributed by atoms with Crippen LogP contribution in [-0.4, -0.2) is 42.1 Å². The summed E-state index contributed by atoms with van der Waals surface area (Å²) < 4.78 is 0. The number of nitrogens with two attached hydrogens (primary N) is 1. The van der Waals surface area contributed by atoms with Crippen molar-refractivity contribution < 1.29 is 0 Å². The number of halogens is 1. The van der Waals surface area contributed by atoms with Gasteiger partial charge < -0.3 is 10.6 Å². The van der Waals surface area contributed by atoms with E-state index in [1.54, 1.807) is 0 Å². The average Bonchev–Trinajstić information content (AvgIpc) is 2.89. The molecule has 1 atom stereocenters. The molecule has 0 amide bonds. The average molecular weight is 312 g/mol. The second-order valence-electron chi connectivity index (χ2n) is 5.14. The second-order valence-corrected chi connectivity index (χ2v) is 5.99. The Morgan fingerprint density at radius 2 is 2.15 bits per heavy atom. The molecular weight excluding hydrogens is 290 g/mol. The summed E-state index contributed by atoms with van der Waals surface area (Å²) in [6.07, 6.45) is 1.19. The molecule has 1 saturated heterocycles. The Morgan fingerprint density at radius 3 is 2.70 bits per heavy atom. The number of rotatable bonds is 5. The van der Waals surface area contributed by atoms with E-state index in [9.17, 15) is 0 Å². The zero-order chi connectivity index (χ0) is 14.7. The Balaban J connectivity index is 2.12. The number of benzene rings is 1. The van der Waals surface area contributed by atoms with E-state index in [0.29, 0.717) is 11.0 Å². The van der Waals surface area contributed by atoms with Crippen LogP contribution in [0.2, 0.25) is 5.02 Å². The van der Waals surface area contributed by atoms with Gasteiger partial charge in [-0.25, -0.2) is 0 Å². The molecule has 1 aromatic rings. The minimum atomic E-state index is 0.390. The fraction of sp³-hybridized carbons (Fsp3) is 0.533. The van der Waals surface area contributed by atoms with Gasteiger partial charge in [0.25, 0.3) is 0 Å². The van der Waals surface area contributed by atoms with Gasteiger partial charge in [0.15, 0.2) is 0 Å². The highest BCUT2D eigenvalue weighted by molar-refractivity contribution is 7.80. The zero-order valence-electron chi connectivity index (χ0n) is 12.1. The summed E-state index contributed by atoms with van der Waals surface area (Å²) in [5, 5.41) is 0.732. The van der Waals surface area contributed by atoms with Crippen molar-refractivity contribution in [2.24, 2.45) is 5.73 Å². The van der Waals surface area contributed by atoms with Crippen molar-refractivity contribution in [3.63, 3.8) is 0 Å². The van der Waals surface area contributed by atoms with Crippen LogP contribution in [0.25, 0.3) is 0 Å². The lowest BCUT2D eigenvalue weighted by molar-refractivity contribution is 0.232. The first-order chi connectivity index (χ1) is 9.56. The summed E-state index contributed by atoms with van der Waals surface area (Å²) in [5.41, 5.74) is 7.55. The number of thiocarbonyl (C=S) groups is 1. The van der Waals surface area contributed by atoms with Crippen molar-refractivity contribution in [3.8, 4) is 0 Å². The van der Waals surface area contributed by atoms with Crippen molar-refractivity contribution in [1.29, 1.82) is 0 Å². The lowest BCUT2D eigenvalue weighted by Crippen LogP contribution is -2.37. The number of hydrogen-bond acceptors (Lipinski definition) is 3. The lowest BCUT2D eigenvalue weighted by atomic mass is 10.2. The number of anilines is 1. The Kier molecular flexibility index (Phi) is 5.24.